The summed E-state index contributed by atoms with van der Waals surface area (Å²) in [6.07, 6.45) is 2.77. The molecular formula is C20H32ClN3O2. The summed E-state index contributed by atoms with van der Waals surface area (Å²) in [5.41, 5.74) is 3.01. The number of hydrogen-bond donors (Lipinski definition) is 2. The first kappa shape index (κ1) is 22.5. The topological polar surface area (TPSA) is 61.4 Å². The van der Waals surface area contributed by atoms with E-state index >= 15 is 0 Å². The summed E-state index contributed by atoms with van der Waals surface area (Å²) < 4.78 is 0. The molecule has 0 aliphatic carbocycles. The molecule has 0 aromatic heterocycles. The van der Waals surface area contributed by atoms with Gasteiger partial charge in [-0.05, 0) is 68.8 Å². The van der Waals surface area contributed by atoms with Gasteiger partial charge < -0.3 is 15.5 Å². The van der Waals surface area contributed by atoms with Gasteiger partial charge in [0.1, 0.15) is 0 Å². The number of hydrogen-bond acceptors (Lipinski definition) is 3. The van der Waals surface area contributed by atoms with Crippen LogP contribution in [0.1, 0.15) is 37.3 Å². The number of piperidine rings is 1. The van der Waals surface area contributed by atoms with Crippen LogP contribution in [0.4, 0.5) is 5.69 Å². The van der Waals surface area contributed by atoms with E-state index in [0.29, 0.717) is 18.3 Å². The van der Waals surface area contributed by atoms with Crippen molar-refractivity contribution in [1.29, 1.82) is 0 Å². The van der Waals surface area contributed by atoms with Crippen LogP contribution in [0.5, 0.6) is 0 Å². The SMILES string of the molecule is Cc1cccc(NC(=O)CN(C)C(=O)CC(C)C2CCNCC2)c1C.Cl. The van der Waals surface area contributed by atoms with Crippen LogP contribution in [0.25, 0.3) is 0 Å². The molecule has 1 aliphatic rings. The Morgan fingerprint density at radius 1 is 1.27 bits per heavy atom. The number of carbonyl (C=O) groups is 2. The molecule has 5 nitrogen and oxygen atoms in total. The maximum absolute atomic E-state index is 12.4. The molecule has 1 fully saturated rings. The van der Waals surface area contributed by atoms with E-state index in [1.165, 1.54) is 4.90 Å². The quantitative estimate of drug-likeness (QED) is 0.795. The highest BCUT2D eigenvalue weighted by molar-refractivity contribution is 5.95. The third kappa shape index (κ3) is 6.29. The first-order valence-electron chi connectivity index (χ1n) is 9.19. The molecule has 26 heavy (non-hydrogen) atoms. The molecule has 146 valence electrons. The lowest BCUT2D eigenvalue weighted by molar-refractivity contribution is -0.134. The molecular weight excluding hydrogens is 350 g/mol. The number of likely N-dealkylation sites (N-methyl/N-ethyl adjacent to an activating group) is 1. The highest BCUT2D eigenvalue weighted by Crippen LogP contribution is 2.24. The molecule has 0 saturated carbocycles. The van der Waals surface area contributed by atoms with Crippen molar-refractivity contribution in [3.63, 3.8) is 0 Å². The first-order chi connectivity index (χ1) is 11.9. The Labute approximate surface area is 163 Å². The van der Waals surface area contributed by atoms with Crippen molar-refractivity contribution >= 4 is 29.9 Å². The number of rotatable bonds is 6. The summed E-state index contributed by atoms with van der Waals surface area (Å²) in [6.45, 7) is 8.32. The van der Waals surface area contributed by atoms with E-state index in [0.717, 1.165) is 42.7 Å². The second-order valence-electron chi connectivity index (χ2n) is 7.31. The van der Waals surface area contributed by atoms with Crippen LogP contribution < -0.4 is 10.6 Å². The smallest absolute Gasteiger partial charge is 0.243 e. The number of aryl methyl sites for hydroxylation is 1. The molecule has 1 aromatic rings. The van der Waals surface area contributed by atoms with E-state index < -0.39 is 0 Å². The van der Waals surface area contributed by atoms with Gasteiger partial charge in [-0.3, -0.25) is 9.59 Å². The van der Waals surface area contributed by atoms with Crippen LogP contribution in [-0.4, -0.2) is 43.4 Å². The number of nitrogens with one attached hydrogen (secondary N) is 2. The average molecular weight is 382 g/mol. The molecule has 1 atom stereocenters. The fourth-order valence-corrected chi connectivity index (χ4v) is 3.39. The Kier molecular flexibility index (Phi) is 9.09. The Bertz CT molecular complexity index is 615. The third-order valence-electron chi connectivity index (χ3n) is 5.37. The number of carbonyl (C=O) groups excluding carboxylic acids is 2. The van der Waals surface area contributed by atoms with Crippen molar-refractivity contribution in [3.8, 4) is 0 Å². The highest BCUT2D eigenvalue weighted by atomic mass is 35.5. The van der Waals surface area contributed by atoms with Crippen LogP contribution in [-0.2, 0) is 9.59 Å². The second kappa shape index (κ2) is 10.5. The minimum atomic E-state index is -0.154. The number of anilines is 1. The van der Waals surface area contributed by atoms with Gasteiger partial charge in [0.2, 0.25) is 11.8 Å². The van der Waals surface area contributed by atoms with Gasteiger partial charge in [-0.1, -0.05) is 19.1 Å². The third-order valence-corrected chi connectivity index (χ3v) is 5.37. The van der Waals surface area contributed by atoms with Crippen molar-refractivity contribution in [3.05, 3.63) is 29.3 Å². The van der Waals surface area contributed by atoms with Crippen molar-refractivity contribution in [1.82, 2.24) is 10.2 Å². The minimum absolute atomic E-state index is 0. The lowest BCUT2D eigenvalue weighted by atomic mass is 9.84. The summed E-state index contributed by atoms with van der Waals surface area (Å²) in [4.78, 5) is 26.2. The fourth-order valence-electron chi connectivity index (χ4n) is 3.39. The van der Waals surface area contributed by atoms with E-state index in [2.05, 4.69) is 17.6 Å². The summed E-state index contributed by atoms with van der Waals surface area (Å²) in [6, 6.07) is 5.83. The van der Waals surface area contributed by atoms with Crippen molar-refractivity contribution in [2.45, 2.75) is 40.0 Å². The molecule has 1 heterocycles. The van der Waals surface area contributed by atoms with Gasteiger partial charge in [0.25, 0.3) is 0 Å². The minimum Gasteiger partial charge on any atom is -0.336 e. The van der Waals surface area contributed by atoms with Gasteiger partial charge in [-0.25, -0.2) is 0 Å². The van der Waals surface area contributed by atoms with Gasteiger partial charge in [0, 0.05) is 19.2 Å². The number of benzene rings is 1. The number of nitrogens with zero attached hydrogens (tertiary/aromatic N) is 1. The summed E-state index contributed by atoms with van der Waals surface area (Å²) in [5, 5.41) is 6.27. The highest BCUT2D eigenvalue weighted by Gasteiger charge is 2.24. The van der Waals surface area contributed by atoms with E-state index in [1.807, 2.05) is 32.0 Å². The average Bonchev–Trinajstić information content (AvgIpc) is 2.59. The van der Waals surface area contributed by atoms with Crippen LogP contribution in [0.15, 0.2) is 18.2 Å². The predicted octanol–water partition coefficient (Wildman–Crippen LogP) is 3.15. The van der Waals surface area contributed by atoms with Crippen molar-refractivity contribution in [2.24, 2.45) is 11.8 Å². The maximum atomic E-state index is 12.4. The van der Waals surface area contributed by atoms with Crippen LogP contribution >= 0.6 is 12.4 Å². The van der Waals surface area contributed by atoms with E-state index in [4.69, 9.17) is 0 Å². The molecule has 1 saturated heterocycles. The van der Waals surface area contributed by atoms with E-state index in [1.54, 1.807) is 7.05 Å². The van der Waals surface area contributed by atoms with Gasteiger partial charge in [-0.15, -0.1) is 12.4 Å². The second-order valence-corrected chi connectivity index (χ2v) is 7.31. The van der Waals surface area contributed by atoms with E-state index in [-0.39, 0.29) is 30.8 Å². The molecule has 1 aliphatic heterocycles. The molecule has 0 spiro atoms. The van der Waals surface area contributed by atoms with Crippen molar-refractivity contribution < 1.29 is 9.59 Å². The van der Waals surface area contributed by atoms with Crippen LogP contribution in [0, 0.1) is 25.7 Å². The van der Waals surface area contributed by atoms with Crippen LogP contribution in [0.2, 0.25) is 0 Å². The predicted molar refractivity (Wildman–Crippen MR) is 109 cm³/mol. The lowest BCUT2D eigenvalue weighted by Crippen LogP contribution is -2.37. The van der Waals surface area contributed by atoms with Gasteiger partial charge in [-0.2, -0.15) is 0 Å². The summed E-state index contributed by atoms with van der Waals surface area (Å²) in [5.74, 6) is 0.850. The molecule has 2 amide bonds. The molecule has 1 unspecified atom stereocenters. The molecule has 0 bridgehead atoms. The Morgan fingerprint density at radius 2 is 1.92 bits per heavy atom. The molecule has 0 radical (unpaired) electrons. The summed E-state index contributed by atoms with van der Waals surface area (Å²) in [7, 11) is 1.71. The van der Waals surface area contributed by atoms with Gasteiger partial charge in [0.15, 0.2) is 0 Å². The van der Waals surface area contributed by atoms with Gasteiger partial charge >= 0.3 is 0 Å². The summed E-state index contributed by atoms with van der Waals surface area (Å²) >= 11 is 0. The zero-order chi connectivity index (χ0) is 18.4. The molecule has 2 rings (SSSR count). The monoisotopic (exact) mass is 381 g/mol. The molecule has 1 aromatic carbocycles. The standard InChI is InChI=1S/C20H31N3O2.ClH/c1-14-6-5-7-18(16(14)3)22-19(24)13-23(4)20(25)12-15(2)17-8-10-21-11-9-17;/h5-7,15,17,21H,8-13H2,1-4H3,(H,22,24);1H. The largest absolute Gasteiger partial charge is 0.336 e. The lowest BCUT2D eigenvalue weighted by Gasteiger charge is -2.29. The number of amides is 2. The number of halogens is 1. The molecule has 6 heteroatoms. The zero-order valence-electron chi connectivity index (χ0n) is 16.3. The molecule has 2 N–H and O–H groups in total. The first-order valence-corrected chi connectivity index (χ1v) is 9.19. The Morgan fingerprint density at radius 3 is 2.58 bits per heavy atom. The van der Waals surface area contributed by atoms with E-state index in [9.17, 15) is 9.59 Å². The normalized spacial score (nSPS) is 15.7. The fraction of sp³-hybridized carbons (Fsp3) is 0.600. The van der Waals surface area contributed by atoms with Crippen molar-refractivity contribution in [2.75, 3.05) is 32.0 Å². The van der Waals surface area contributed by atoms with Crippen LogP contribution in [0.3, 0.4) is 0 Å². The maximum Gasteiger partial charge on any atom is 0.243 e. The Hall–Kier alpha value is -1.59. The van der Waals surface area contributed by atoms with Gasteiger partial charge in [0.05, 0.1) is 6.54 Å². The Balaban J connectivity index is 0.00000338. The zero-order valence-corrected chi connectivity index (χ0v) is 17.1.